The van der Waals surface area contributed by atoms with Crippen molar-refractivity contribution in [3.05, 3.63) is 0 Å². The molecule has 0 spiro atoms. The molecule has 0 radical (unpaired) electrons. The lowest BCUT2D eigenvalue weighted by molar-refractivity contribution is -0.124. The fourth-order valence-electron chi connectivity index (χ4n) is 5.08. The summed E-state index contributed by atoms with van der Waals surface area (Å²) in [6.07, 6.45) is 27.6. The van der Waals surface area contributed by atoms with Gasteiger partial charge < -0.3 is 26.4 Å². The molecule has 248 valence electrons. The minimum atomic E-state index is -0.572. The molecule has 1 atom stereocenters. The minimum absolute atomic E-state index is 0.000868. The van der Waals surface area contributed by atoms with Gasteiger partial charge in [-0.25, -0.2) is 4.79 Å². The highest BCUT2D eigenvalue weighted by atomic mass is 16.5. The minimum Gasteiger partial charge on any atom is -0.447 e. The van der Waals surface area contributed by atoms with E-state index in [9.17, 15) is 14.4 Å². The zero-order valence-corrected chi connectivity index (χ0v) is 27.6. The zero-order chi connectivity index (χ0) is 30.9. The SMILES string of the molecule is CCCCCCCCCCCCCC(=O)NCC(COC(=O)NCCN)NC(=O)CCCCCCCCCCCCC. The molecule has 0 aromatic rings. The number of carbonyl (C=O) groups excluding carboxylic acids is 3. The molecule has 0 rings (SSSR count). The molecule has 3 amide bonds. The number of nitrogens with two attached hydrogens (primary N) is 1. The molecule has 0 bridgehead atoms. The number of nitrogens with one attached hydrogen (secondary N) is 3. The average Bonchev–Trinajstić information content (AvgIpc) is 2.98. The number of ether oxygens (including phenoxy) is 1. The van der Waals surface area contributed by atoms with E-state index in [4.69, 9.17) is 10.5 Å². The van der Waals surface area contributed by atoms with Crippen LogP contribution in [0, 0.1) is 0 Å². The van der Waals surface area contributed by atoms with Crippen molar-refractivity contribution < 1.29 is 19.1 Å². The number of hydrogen-bond acceptors (Lipinski definition) is 5. The maximum atomic E-state index is 12.6. The molecule has 0 aliphatic heterocycles. The van der Waals surface area contributed by atoms with E-state index in [-0.39, 0.29) is 25.0 Å². The fraction of sp³-hybridized carbons (Fsp3) is 0.912. The van der Waals surface area contributed by atoms with Crippen molar-refractivity contribution in [1.82, 2.24) is 16.0 Å². The van der Waals surface area contributed by atoms with Gasteiger partial charge in [0, 0.05) is 32.5 Å². The van der Waals surface area contributed by atoms with Crippen LogP contribution in [-0.2, 0) is 14.3 Å². The molecule has 0 aliphatic carbocycles. The van der Waals surface area contributed by atoms with Gasteiger partial charge in [-0.3, -0.25) is 9.59 Å². The molecule has 8 nitrogen and oxygen atoms in total. The molecule has 0 aliphatic rings. The topological polar surface area (TPSA) is 123 Å². The lowest BCUT2D eigenvalue weighted by Crippen LogP contribution is -2.47. The van der Waals surface area contributed by atoms with Crippen LogP contribution >= 0.6 is 0 Å². The van der Waals surface area contributed by atoms with E-state index in [1.165, 1.54) is 109 Å². The highest BCUT2D eigenvalue weighted by Gasteiger charge is 2.16. The third-order valence-corrected chi connectivity index (χ3v) is 7.75. The Morgan fingerprint density at radius 2 is 0.976 bits per heavy atom. The van der Waals surface area contributed by atoms with Gasteiger partial charge in [-0.15, -0.1) is 0 Å². The van der Waals surface area contributed by atoms with Crippen molar-refractivity contribution in [3.63, 3.8) is 0 Å². The first kappa shape index (κ1) is 40.2. The van der Waals surface area contributed by atoms with Crippen LogP contribution in [0.4, 0.5) is 4.79 Å². The van der Waals surface area contributed by atoms with Crippen LogP contribution in [0.3, 0.4) is 0 Å². The third kappa shape index (κ3) is 29.7. The summed E-state index contributed by atoms with van der Waals surface area (Å²) in [5.74, 6) is -0.0929. The number of hydrogen-bond donors (Lipinski definition) is 4. The van der Waals surface area contributed by atoms with E-state index in [1.54, 1.807) is 0 Å². The number of rotatable bonds is 31. The van der Waals surface area contributed by atoms with Crippen LogP contribution < -0.4 is 21.7 Å². The van der Waals surface area contributed by atoms with Gasteiger partial charge in [0.25, 0.3) is 0 Å². The highest BCUT2D eigenvalue weighted by molar-refractivity contribution is 5.77. The summed E-state index contributed by atoms with van der Waals surface area (Å²) < 4.78 is 5.25. The zero-order valence-electron chi connectivity index (χ0n) is 27.6. The molecule has 0 aromatic carbocycles. The Kier molecular flexibility index (Phi) is 30.7. The molecule has 0 fully saturated rings. The molecule has 5 N–H and O–H groups in total. The Morgan fingerprint density at radius 1 is 0.571 bits per heavy atom. The van der Waals surface area contributed by atoms with E-state index in [0.29, 0.717) is 25.9 Å². The second kappa shape index (κ2) is 32.1. The number of unbranched alkanes of at least 4 members (excludes halogenated alkanes) is 20. The summed E-state index contributed by atoms with van der Waals surface area (Å²) in [6.45, 7) is 5.38. The first-order chi connectivity index (χ1) is 20.5. The van der Waals surface area contributed by atoms with Gasteiger partial charge in [0.2, 0.25) is 11.8 Å². The molecule has 0 saturated carbocycles. The van der Waals surface area contributed by atoms with Crippen molar-refractivity contribution in [3.8, 4) is 0 Å². The Hall–Kier alpha value is -1.83. The molecule has 42 heavy (non-hydrogen) atoms. The van der Waals surface area contributed by atoms with Gasteiger partial charge in [-0.2, -0.15) is 0 Å². The maximum Gasteiger partial charge on any atom is 0.407 e. The van der Waals surface area contributed by atoms with E-state index < -0.39 is 12.1 Å². The fourth-order valence-corrected chi connectivity index (χ4v) is 5.08. The van der Waals surface area contributed by atoms with Crippen molar-refractivity contribution in [2.45, 2.75) is 174 Å². The van der Waals surface area contributed by atoms with Crippen molar-refractivity contribution >= 4 is 17.9 Å². The molecule has 0 aromatic heterocycles. The lowest BCUT2D eigenvalue weighted by atomic mass is 10.1. The van der Waals surface area contributed by atoms with Crippen LogP contribution in [0.2, 0.25) is 0 Å². The second-order valence-electron chi connectivity index (χ2n) is 12.0. The number of amides is 3. The number of carbonyl (C=O) groups is 3. The first-order valence-electron chi connectivity index (χ1n) is 17.7. The average molecular weight is 597 g/mol. The number of alkyl carbamates (subject to hydrolysis) is 1. The van der Waals surface area contributed by atoms with Gasteiger partial charge in [0.15, 0.2) is 0 Å². The predicted molar refractivity (Wildman–Crippen MR) is 176 cm³/mol. The molecular formula is C34H68N4O4. The van der Waals surface area contributed by atoms with Gasteiger partial charge >= 0.3 is 6.09 Å². The van der Waals surface area contributed by atoms with Crippen molar-refractivity contribution in [2.24, 2.45) is 5.73 Å². The van der Waals surface area contributed by atoms with Crippen LogP contribution in [0.25, 0.3) is 0 Å². The Balaban J connectivity index is 4.13. The van der Waals surface area contributed by atoms with Gasteiger partial charge in [0.05, 0.1) is 6.04 Å². The summed E-state index contributed by atoms with van der Waals surface area (Å²) >= 11 is 0. The monoisotopic (exact) mass is 597 g/mol. The first-order valence-corrected chi connectivity index (χ1v) is 17.7. The third-order valence-electron chi connectivity index (χ3n) is 7.75. The van der Waals surface area contributed by atoms with Gasteiger partial charge in [0.1, 0.15) is 6.61 Å². The van der Waals surface area contributed by atoms with Crippen LogP contribution in [0.15, 0.2) is 0 Å². The summed E-state index contributed by atoms with van der Waals surface area (Å²) in [5.41, 5.74) is 5.42. The normalized spacial score (nSPS) is 11.7. The second-order valence-corrected chi connectivity index (χ2v) is 12.0. The van der Waals surface area contributed by atoms with Crippen LogP contribution in [-0.4, -0.2) is 50.2 Å². The molecule has 0 heterocycles. The summed E-state index contributed by atoms with van der Waals surface area (Å²) in [7, 11) is 0. The summed E-state index contributed by atoms with van der Waals surface area (Å²) in [4.78, 5) is 36.8. The Morgan fingerprint density at radius 3 is 1.40 bits per heavy atom. The summed E-state index contributed by atoms with van der Waals surface area (Å²) in [5, 5.41) is 8.42. The Bertz CT molecular complexity index is 633. The lowest BCUT2D eigenvalue weighted by Gasteiger charge is -2.19. The highest BCUT2D eigenvalue weighted by Crippen LogP contribution is 2.13. The van der Waals surface area contributed by atoms with Crippen molar-refractivity contribution in [1.29, 1.82) is 0 Å². The van der Waals surface area contributed by atoms with E-state index in [0.717, 1.165) is 32.1 Å². The molecule has 0 saturated heterocycles. The van der Waals surface area contributed by atoms with E-state index in [1.807, 2.05) is 0 Å². The van der Waals surface area contributed by atoms with E-state index in [2.05, 4.69) is 29.8 Å². The van der Waals surface area contributed by atoms with Gasteiger partial charge in [-0.05, 0) is 12.8 Å². The maximum absolute atomic E-state index is 12.6. The smallest absolute Gasteiger partial charge is 0.407 e. The predicted octanol–water partition coefficient (Wildman–Crippen LogP) is 7.67. The van der Waals surface area contributed by atoms with Crippen LogP contribution in [0.1, 0.15) is 168 Å². The largest absolute Gasteiger partial charge is 0.447 e. The van der Waals surface area contributed by atoms with Gasteiger partial charge in [-0.1, -0.05) is 142 Å². The summed E-state index contributed by atoms with van der Waals surface area (Å²) in [6, 6.07) is -0.463. The van der Waals surface area contributed by atoms with E-state index >= 15 is 0 Å². The Labute approximate surface area is 258 Å². The van der Waals surface area contributed by atoms with Crippen molar-refractivity contribution in [2.75, 3.05) is 26.2 Å². The standard InChI is InChI=1S/C34H68N4O4/c1-3-5-7-9-11-13-15-17-19-21-23-25-32(39)37-29-31(30-42-34(41)36-28-27-35)38-33(40)26-24-22-20-18-16-14-12-10-8-6-4-2/h31H,3-30,35H2,1-2H3,(H,36,41)(H,37,39)(H,38,40). The molecule has 1 unspecified atom stereocenters. The quantitative estimate of drug-likeness (QED) is 0.0612. The van der Waals surface area contributed by atoms with Crippen LogP contribution in [0.5, 0.6) is 0 Å². The molecule has 8 heteroatoms. The molecular weight excluding hydrogens is 528 g/mol.